The monoisotopic (exact) mass is 85.0 g/mol. The Balaban J connectivity index is 0. The average molecular weight is 85.0 g/mol. The Hall–Kier alpha value is 0.270. The molecule has 1 N–H and O–H groups in total. The van der Waals surface area contributed by atoms with Crippen LogP contribution in [0.2, 0.25) is 0 Å². The molecule has 0 aliphatic rings. The Bertz CT molecular complexity index is 46.1. The van der Waals surface area contributed by atoms with Gasteiger partial charge in [0, 0.05) is 0 Å². The van der Waals surface area contributed by atoms with Gasteiger partial charge in [-0.3, -0.25) is 0 Å². The third-order valence-corrected chi connectivity index (χ3v) is 0. The van der Waals surface area contributed by atoms with Crippen molar-refractivity contribution in [2.45, 2.75) is 0 Å². The van der Waals surface area contributed by atoms with Crippen molar-refractivity contribution in [3.8, 4) is 0 Å². The van der Waals surface area contributed by atoms with Crippen molar-refractivity contribution >= 4 is 6.16 Å². The van der Waals surface area contributed by atoms with Crippen LogP contribution in [0.5, 0.6) is 0 Å². The molecule has 3 nitrogen and oxygen atoms in total. The molecular formula is CHNaO3. The Labute approximate surface area is 52.4 Å². The fourth-order valence-corrected chi connectivity index (χ4v) is 0. The molecule has 0 aromatic heterocycles. The number of hydrogen-bond acceptors (Lipinski definition) is 3. The first kappa shape index (κ1) is 5.27. The van der Waals surface area contributed by atoms with E-state index in [1.54, 1.807) is 0 Å². The quantitative estimate of drug-likeness (QED) is 0.304. The van der Waals surface area contributed by atoms with Crippen LogP contribution in [0.3, 0.4) is 0 Å². The fourth-order valence-electron chi connectivity index (χ4n) is 0. The van der Waals surface area contributed by atoms with Crippen LogP contribution in [0.15, 0.2) is 0 Å². The maximum absolute atomic E-state index is 8.85. The van der Waals surface area contributed by atoms with Crippen molar-refractivity contribution in [2.24, 2.45) is 0 Å². The minimum Gasteiger partial charge on any atom is -0.565 e. The second-order valence-corrected chi connectivity index (χ2v) is 0.250. The van der Waals surface area contributed by atoms with Crippen LogP contribution in [0.4, 0.5) is 4.79 Å². The zero-order chi connectivity index (χ0) is 4.28. The molecule has 24 valence electrons. The summed E-state index contributed by atoms with van der Waals surface area (Å²) in [5.74, 6) is 0. The second kappa shape index (κ2) is 4.27. The number of carbonyl (C=O) groups is 1. The van der Waals surface area contributed by atoms with Crippen molar-refractivity contribution in [3.05, 3.63) is 0 Å². The van der Waals surface area contributed by atoms with Gasteiger partial charge in [-0.25, -0.2) is 0 Å². The Morgan fingerprint density at radius 1 is 2.20 bits per heavy atom. The van der Waals surface area contributed by atoms with E-state index >= 15 is 0 Å². The first-order valence-electron chi connectivity index (χ1n) is 1.02. The summed E-state index contributed by atoms with van der Waals surface area (Å²) in [5, 5.41) is 11.7. The van der Waals surface area contributed by atoms with Gasteiger partial charge in [0.2, 0.25) is 6.16 Å². The molecule has 0 bridgehead atoms. The minimum absolute atomic E-state index is 0. The molecule has 0 saturated heterocycles. The molecule has 4 heteroatoms. The van der Waals surface area contributed by atoms with Gasteiger partial charge in [0.25, 0.3) is 0 Å². The molecule has 0 fully saturated rings. The first-order chi connectivity index (χ1) is 2.27. The Morgan fingerprint density at radius 2 is 2.40 bits per heavy atom. The average Bonchev–Trinajstić information content (AvgIpc) is 1.38. The van der Waals surface area contributed by atoms with E-state index < -0.39 is 6.16 Å². The van der Waals surface area contributed by atoms with Gasteiger partial charge < -0.3 is 15.0 Å². The predicted molar refractivity (Wildman–Crippen MR) is 8.02 cm³/mol. The maximum atomic E-state index is 8.85. The smallest absolute Gasteiger partial charge is 0.565 e. The van der Waals surface area contributed by atoms with Crippen LogP contribution < -0.4 is 34.7 Å². The van der Waals surface area contributed by atoms with Gasteiger partial charge in [-0.2, -0.15) is 0 Å². The topological polar surface area (TPSA) is 60.4 Å². The third kappa shape index (κ3) is 302. The molecule has 0 unspecified atom stereocenters. The normalized spacial score (nSPS) is 6.80. The Morgan fingerprint density at radius 3 is 2.40 bits per heavy atom. The second-order valence-electron chi connectivity index (χ2n) is 0.250. The van der Waals surface area contributed by atoms with Crippen molar-refractivity contribution in [1.82, 2.24) is 0 Å². The summed E-state index contributed by atoms with van der Waals surface area (Å²) in [5.41, 5.74) is 0. The molecule has 0 aromatic rings. The van der Waals surface area contributed by atoms with Gasteiger partial charge >= 0.3 is 29.6 Å². The van der Waals surface area contributed by atoms with Crippen LogP contribution >= 0.6 is 0 Å². The van der Waals surface area contributed by atoms with E-state index in [1.807, 2.05) is 0 Å². The van der Waals surface area contributed by atoms with Crippen LogP contribution in [0, 0.1) is 0 Å². The van der Waals surface area contributed by atoms with Crippen LogP contribution in [0.1, 0.15) is 0 Å². The molecule has 0 aliphatic heterocycles. The van der Waals surface area contributed by atoms with Gasteiger partial charge in [-0.1, -0.05) is 0 Å². The van der Waals surface area contributed by atoms with Crippen LogP contribution in [-0.4, -0.2) is 11.3 Å². The predicted octanol–water partition coefficient (Wildman–Crippen LogP) is -4.11. The maximum Gasteiger partial charge on any atom is 1.00 e. The molecule has 0 saturated carbocycles. The first-order valence-corrected chi connectivity index (χ1v) is 0.612. The number of hydrogen-bond donors (Lipinski definition) is 1. The summed E-state index contributed by atoms with van der Waals surface area (Å²) in [6.07, 6.45) is -1.83. The van der Waals surface area contributed by atoms with E-state index in [4.69, 9.17) is 11.3 Å². The van der Waals surface area contributed by atoms with E-state index in [2.05, 4.69) is 5.11 Å². The summed E-state index contributed by atoms with van der Waals surface area (Å²) in [6.45, 7) is 0. The molecule has 0 atom stereocenters. The zero-order valence-corrected chi connectivity index (χ0v) is 4.72. The summed E-state index contributed by atoms with van der Waals surface area (Å²) in [7, 11) is 0. The summed E-state index contributed by atoms with van der Waals surface area (Å²) < 4.78 is 5.50. The number of carboxylic acid groups (broad SMARTS) is 2. The van der Waals surface area contributed by atoms with E-state index in [9.17, 15) is 0 Å². The minimum atomic E-state index is -1.83. The van der Waals surface area contributed by atoms with Crippen molar-refractivity contribution in [3.63, 3.8) is 0 Å². The fraction of sp³-hybridized carbons (Fsp3) is 0. The van der Waals surface area contributed by atoms with Gasteiger partial charge in [0.05, 0.1) is 0 Å². The van der Waals surface area contributed by atoms with E-state index in [-0.39, 0.29) is 29.6 Å². The van der Waals surface area contributed by atoms with Crippen LogP contribution in [-0.2, 0) is 0 Å². The standard InChI is InChI=1S/CH2O3.Na/c2-1(3)4;/h(H2,2,3,4);/q;+1/p-1/i/hD. The Kier molecular flexibility index (Phi) is 4.50. The van der Waals surface area contributed by atoms with E-state index in [0.29, 0.717) is 0 Å². The van der Waals surface area contributed by atoms with Gasteiger partial charge in [0.15, 0.2) is 1.43 Å². The van der Waals surface area contributed by atoms with Gasteiger partial charge in [-0.05, 0) is 0 Å². The van der Waals surface area contributed by atoms with Crippen molar-refractivity contribution in [2.75, 3.05) is 0 Å². The molecule has 5 heavy (non-hydrogen) atoms. The number of rotatable bonds is 0. The molecule has 0 radical (unpaired) electrons. The zero-order valence-electron chi connectivity index (χ0n) is 3.72. The third-order valence-electron chi connectivity index (χ3n) is 0. The van der Waals surface area contributed by atoms with E-state index in [1.165, 1.54) is 0 Å². The molecule has 0 heterocycles. The van der Waals surface area contributed by atoms with Gasteiger partial charge in [0.1, 0.15) is 0 Å². The summed E-state index contributed by atoms with van der Waals surface area (Å²) in [4.78, 5) is 8.85. The SMILES string of the molecule is [2H]OC(=O)[O-].[Na+]. The molecular weight excluding hydrogens is 83.0 g/mol. The largest absolute Gasteiger partial charge is 1.00 e. The van der Waals surface area contributed by atoms with Crippen molar-refractivity contribution < 1.29 is 44.6 Å². The van der Waals surface area contributed by atoms with Gasteiger partial charge in [-0.15, -0.1) is 0 Å². The van der Waals surface area contributed by atoms with Crippen LogP contribution in [0.25, 0.3) is 1.43 Å². The van der Waals surface area contributed by atoms with E-state index in [0.717, 1.165) is 0 Å². The molecule has 0 aliphatic carbocycles. The van der Waals surface area contributed by atoms with Crippen molar-refractivity contribution in [1.29, 1.82) is 1.43 Å². The summed E-state index contributed by atoms with van der Waals surface area (Å²) >= 11 is 0. The molecule has 0 aromatic carbocycles. The molecule has 0 amide bonds. The molecule has 0 spiro atoms. The summed E-state index contributed by atoms with van der Waals surface area (Å²) in [6, 6.07) is 0. The molecule has 0 rings (SSSR count).